The predicted molar refractivity (Wildman–Crippen MR) is 50.1 cm³/mol. The van der Waals surface area contributed by atoms with Gasteiger partial charge < -0.3 is 10.0 Å². The Morgan fingerprint density at radius 1 is 1.42 bits per heavy atom. The number of rotatable bonds is 2. The molecule has 64 valence electrons. The molecule has 0 fully saturated rings. The lowest BCUT2D eigenvalue weighted by atomic mass is 9.82. The number of hydrogen-bond acceptors (Lipinski definition) is 2. The van der Waals surface area contributed by atoms with Crippen molar-refractivity contribution < 1.29 is 10.0 Å². The number of benzene rings is 1. The van der Waals surface area contributed by atoms with Crippen molar-refractivity contribution in [3.8, 4) is 0 Å². The van der Waals surface area contributed by atoms with Crippen molar-refractivity contribution in [2.45, 2.75) is 13.2 Å². The zero-order chi connectivity index (χ0) is 9.14. The van der Waals surface area contributed by atoms with Crippen molar-refractivity contribution >= 4 is 18.7 Å². The second-order valence-electron chi connectivity index (χ2n) is 2.78. The molecule has 0 aliphatic rings. The summed E-state index contributed by atoms with van der Waals surface area (Å²) < 4.78 is 0. The second kappa shape index (κ2) is 3.94. The first kappa shape index (κ1) is 9.58. The van der Waals surface area contributed by atoms with Crippen molar-refractivity contribution in [1.29, 1.82) is 0 Å². The molecular weight excluding hydrogens is 174 g/mol. The van der Waals surface area contributed by atoms with Gasteiger partial charge in [-0.15, -0.1) is 0 Å². The van der Waals surface area contributed by atoms with Gasteiger partial charge in [0.2, 0.25) is 0 Å². The maximum absolute atomic E-state index is 8.70. The van der Waals surface area contributed by atoms with E-state index in [0.717, 1.165) is 11.1 Å². The van der Waals surface area contributed by atoms with Gasteiger partial charge in [0.1, 0.15) is 0 Å². The van der Waals surface area contributed by atoms with Crippen molar-refractivity contribution in [1.82, 2.24) is 0 Å². The average Bonchev–Trinajstić information content (AvgIpc) is 1.94. The first-order valence-electron chi connectivity index (χ1n) is 3.71. The number of hydrogen-bond donors (Lipinski definition) is 2. The van der Waals surface area contributed by atoms with E-state index >= 15 is 0 Å². The van der Waals surface area contributed by atoms with Crippen LogP contribution < -0.4 is 0 Å². The van der Waals surface area contributed by atoms with Crippen LogP contribution in [0, 0.1) is 6.92 Å². The summed E-state index contributed by atoms with van der Waals surface area (Å²) in [7, 11) is -1.33. The minimum absolute atomic E-state index is 0.180. The molecule has 0 saturated carbocycles. The molecule has 0 radical (unpaired) electrons. The van der Waals surface area contributed by atoms with E-state index < -0.39 is 7.12 Å². The molecule has 1 aromatic carbocycles. The molecule has 4 heteroatoms. The summed E-state index contributed by atoms with van der Waals surface area (Å²) in [6.07, 6.45) is 0.180. The molecule has 1 rings (SSSR count). The first-order valence-corrected chi connectivity index (χ1v) is 4.08. The summed E-state index contributed by atoms with van der Waals surface area (Å²) in [4.78, 5) is 0. The van der Waals surface area contributed by atoms with Crippen molar-refractivity contribution in [3.05, 3.63) is 34.3 Å². The molecule has 0 spiro atoms. The highest BCUT2D eigenvalue weighted by atomic mass is 35.5. The topological polar surface area (TPSA) is 40.5 Å². The third kappa shape index (κ3) is 2.52. The second-order valence-corrected chi connectivity index (χ2v) is 3.19. The fourth-order valence-electron chi connectivity index (χ4n) is 1.01. The van der Waals surface area contributed by atoms with Crippen LogP contribution in [0.15, 0.2) is 18.2 Å². The summed E-state index contributed by atoms with van der Waals surface area (Å²) in [6.45, 7) is 1.94. The highest BCUT2D eigenvalue weighted by molar-refractivity contribution is 6.41. The fourth-order valence-corrected chi connectivity index (χ4v) is 1.33. The van der Waals surface area contributed by atoms with E-state index in [0.29, 0.717) is 5.02 Å². The SMILES string of the molecule is Cc1ccc(CB(O)O)c(Cl)c1. The molecule has 0 bridgehead atoms. The lowest BCUT2D eigenvalue weighted by Crippen LogP contribution is -2.15. The monoisotopic (exact) mass is 184 g/mol. The zero-order valence-corrected chi connectivity index (χ0v) is 7.54. The van der Waals surface area contributed by atoms with Crippen LogP contribution in [0.5, 0.6) is 0 Å². The minimum atomic E-state index is -1.33. The van der Waals surface area contributed by atoms with Crippen LogP contribution in [0.1, 0.15) is 11.1 Å². The molecule has 1 aromatic rings. The summed E-state index contributed by atoms with van der Waals surface area (Å²) in [5.41, 5.74) is 1.83. The number of halogens is 1. The molecule has 0 unspecified atom stereocenters. The van der Waals surface area contributed by atoms with Crippen molar-refractivity contribution in [3.63, 3.8) is 0 Å². The molecule has 0 heterocycles. The van der Waals surface area contributed by atoms with Crippen LogP contribution in [0.4, 0.5) is 0 Å². The predicted octanol–water partition coefficient (Wildman–Crippen LogP) is 1.20. The van der Waals surface area contributed by atoms with Crippen LogP contribution in [-0.4, -0.2) is 17.2 Å². The van der Waals surface area contributed by atoms with E-state index in [2.05, 4.69) is 0 Å². The van der Waals surface area contributed by atoms with Crippen molar-refractivity contribution in [2.75, 3.05) is 0 Å². The maximum Gasteiger partial charge on any atom is 0.456 e. The molecular formula is C8H10BClO2. The standard InChI is InChI=1S/C8H10BClO2/c1-6-2-3-7(5-9(11)12)8(10)4-6/h2-4,11-12H,5H2,1H3. The summed E-state index contributed by atoms with van der Waals surface area (Å²) in [6, 6.07) is 5.50. The summed E-state index contributed by atoms with van der Waals surface area (Å²) in [5.74, 6) is 0. The normalized spacial score (nSPS) is 10.0. The van der Waals surface area contributed by atoms with Gasteiger partial charge in [-0.2, -0.15) is 0 Å². The van der Waals surface area contributed by atoms with Crippen LogP contribution in [0.3, 0.4) is 0 Å². The number of aryl methyl sites for hydroxylation is 1. The van der Waals surface area contributed by atoms with Gasteiger partial charge in [-0.25, -0.2) is 0 Å². The van der Waals surface area contributed by atoms with E-state index in [9.17, 15) is 0 Å². The lowest BCUT2D eigenvalue weighted by molar-refractivity contribution is 0.405. The fraction of sp³-hybridized carbons (Fsp3) is 0.250. The molecule has 0 amide bonds. The average molecular weight is 184 g/mol. The van der Waals surface area contributed by atoms with Gasteiger partial charge in [0.15, 0.2) is 0 Å². The third-order valence-corrected chi connectivity index (χ3v) is 1.96. The van der Waals surface area contributed by atoms with E-state index in [1.165, 1.54) is 0 Å². The third-order valence-electron chi connectivity index (χ3n) is 1.61. The Bertz CT molecular complexity index is 276. The Labute approximate surface area is 76.9 Å². The van der Waals surface area contributed by atoms with Crippen molar-refractivity contribution in [2.24, 2.45) is 0 Å². The summed E-state index contributed by atoms with van der Waals surface area (Å²) in [5, 5.41) is 18.0. The van der Waals surface area contributed by atoms with Gasteiger partial charge in [0, 0.05) is 11.3 Å². The molecule has 2 N–H and O–H groups in total. The molecule has 0 aromatic heterocycles. The van der Waals surface area contributed by atoms with Crippen LogP contribution >= 0.6 is 11.6 Å². The smallest absolute Gasteiger partial charge is 0.427 e. The Kier molecular flexibility index (Phi) is 3.15. The van der Waals surface area contributed by atoms with E-state index in [1.807, 2.05) is 13.0 Å². The molecule has 0 aliphatic heterocycles. The highest BCUT2D eigenvalue weighted by Gasteiger charge is 2.10. The molecule has 0 aliphatic carbocycles. The summed E-state index contributed by atoms with van der Waals surface area (Å²) >= 11 is 5.85. The molecule has 2 nitrogen and oxygen atoms in total. The Morgan fingerprint density at radius 3 is 2.58 bits per heavy atom. The van der Waals surface area contributed by atoms with Gasteiger partial charge in [0.05, 0.1) is 0 Å². The van der Waals surface area contributed by atoms with E-state index in [4.69, 9.17) is 21.6 Å². The van der Waals surface area contributed by atoms with Gasteiger partial charge in [-0.1, -0.05) is 23.7 Å². The molecule has 12 heavy (non-hydrogen) atoms. The highest BCUT2D eigenvalue weighted by Crippen LogP contribution is 2.17. The molecule has 0 saturated heterocycles. The Hall–Kier alpha value is -0.505. The van der Waals surface area contributed by atoms with Gasteiger partial charge >= 0.3 is 7.12 Å². The largest absolute Gasteiger partial charge is 0.456 e. The van der Waals surface area contributed by atoms with Gasteiger partial charge in [0.25, 0.3) is 0 Å². The Morgan fingerprint density at radius 2 is 2.08 bits per heavy atom. The van der Waals surface area contributed by atoms with E-state index in [-0.39, 0.29) is 6.32 Å². The molecule has 0 atom stereocenters. The lowest BCUT2D eigenvalue weighted by Gasteiger charge is -2.03. The zero-order valence-electron chi connectivity index (χ0n) is 6.79. The van der Waals surface area contributed by atoms with Gasteiger partial charge in [-0.3, -0.25) is 0 Å². The quantitative estimate of drug-likeness (QED) is 0.678. The van der Waals surface area contributed by atoms with E-state index in [1.54, 1.807) is 12.1 Å². The minimum Gasteiger partial charge on any atom is -0.427 e. The van der Waals surface area contributed by atoms with Crippen LogP contribution in [0.2, 0.25) is 5.02 Å². The first-order chi connectivity index (χ1) is 5.59. The van der Waals surface area contributed by atoms with Crippen LogP contribution in [0.25, 0.3) is 0 Å². The van der Waals surface area contributed by atoms with Crippen LogP contribution in [-0.2, 0) is 6.32 Å². The Balaban J connectivity index is 2.86. The van der Waals surface area contributed by atoms with Gasteiger partial charge in [-0.05, 0) is 24.1 Å². The maximum atomic E-state index is 8.70.